The summed E-state index contributed by atoms with van der Waals surface area (Å²) in [5, 5.41) is 3.04. The minimum atomic E-state index is -0.376. The molecule has 2 rings (SSSR count). The van der Waals surface area contributed by atoms with Gasteiger partial charge in [0.25, 0.3) is 0 Å². The molecule has 0 saturated carbocycles. The first-order chi connectivity index (χ1) is 10.1. The normalized spacial score (nSPS) is 10.2. The highest BCUT2D eigenvalue weighted by Gasteiger charge is 2.12. The van der Waals surface area contributed by atoms with E-state index < -0.39 is 0 Å². The monoisotopic (exact) mass is 322 g/mol. The van der Waals surface area contributed by atoms with Crippen LogP contribution in [0, 0.1) is 5.82 Å². The van der Waals surface area contributed by atoms with Crippen LogP contribution in [0.3, 0.4) is 0 Å². The second kappa shape index (κ2) is 6.78. The number of hydrogen-bond donors (Lipinski definition) is 2. The smallest absolute Gasteiger partial charge is 0.146 e. The van der Waals surface area contributed by atoms with Crippen LogP contribution in [0.2, 0.25) is 0 Å². The van der Waals surface area contributed by atoms with Crippen molar-refractivity contribution in [1.29, 1.82) is 0 Å². The zero-order chi connectivity index (χ0) is 15.4. The number of hydrogen-bond acceptors (Lipinski definition) is 4. The molecular weight excluding hydrogens is 307 g/mol. The Bertz CT molecular complexity index is 677. The van der Waals surface area contributed by atoms with Gasteiger partial charge in [0.05, 0.1) is 12.8 Å². The van der Waals surface area contributed by atoms with Crippen molar-refractivity contribution in [3.63, 3.8) is 0 Å². The van der Waals surface area contributed by atoms with Crippen molar-refractivity contribution in [2.75, 3.05) is 18.7 Å². The van der Waals surface area contributed by atoms with Gasteiger partial charge < -0.3 is 15.8 Å². The van der Waals surface area contributed by atoms with Crippen LogP contribution in [0.1, 0.15) is 5.56 Å². The fourth-order valence-electron chi connectivity index (χ4n) is 1.93. The van der Waals surface area contributed by atoms with Crippen molar-refractivity contribution in [2.24, 2.45) is 5.73 Å². The highest BCUT2D eigenvalue weighted by Crippen LogP contribution is 2.31. The number of methoxy groups -OCH3 is 1. The lowest BCUT2D eigenvalue weighted by Crippen LogP contribution is -2.13. The maximum atomic E-state index is 13.9. The molecule has 0 unspecified atom stereocenters. The van der Waals surface area contributed by atoms with Crippen molar-refractivity contribution in [3.05, 3.63) is 47.8 Å². The summed E-state index contributed by atoms with van der Waals surface area (Å²) >= 11 is 6.64. The summed E-state index contributed by atoms with van der Waals surface area (Å²) in [6.07, 6.45) is 1.94. The molecule has 21 heavy (non-hydrogen) atoms. The Labute approximate surface area is 132 Å². The van der Waals surface area contributed by atoms with E-state index in [0.717, 1.165) is 4.90 Å². The van der Waals surface area contributed by atoms with Gasteiger partial charge in [-0.1, -0.05) is 18.3 Å². The SMILES string of the molecule is COc1ccc(F)c(Nc2cccc(SC)c2C(N)=S)c1. The predicted octanol–water partition coefficient (Wildman–Crippen LogP) is 3.93. The Balaban J connectivity index is 2.47. The summed E-state index contributed by atoms with van der Waals surface area (Å²) in [4.78, 5) is 1.21. The average Bonchev–Trinajstić information content (AvgIpc) is 2.48. The van der Waals surface area contributed by atoms with Crippen LogP contribution in [0.4, 0.5) is 15.8 Å². The topological polar surface area (TPSA) is 47.3 Å². The van der Waals surface area contributed by atoms with E-state index in [2.05, 4.69) is 5.32 Å². The minimum absolute atomic E-state index is 0.269. The first-order valence-electron chi connectivity index (χ1n) is 6.14. The average molecular weight is 322 g/mol. The van der Waals surface area contributed by atoms with Gasteiger partial charge in [0.15, 0.2) is 0 Å². The quantitative estimate of drug-likeness (QED) is 0.645. The van der Waals surface area contributed by atoms with E-state index in [9.17, 15) is 4.39 Å². The predicted molar refractivity (Wildman–Crippen MR) is 90.3 cm³/mol. The molecule has 0 aliphatic rings. The van der Waals surface area contributed by atoms with Crippen molar-refractivity contribution in [2.45, 2.75) is 4.90 Å². The van der Waals surface area contributed by atoms with Crippen molar-refractivity contribution < 1.29 is 9.13 Å². The van der Waals surface area contributed by atoms with Crippen LogP contribution < -0.4 is 15.8 Å². The maximum Gasteiger partial charge on any atom is 0.146 e. The summed E-state index contributed by atoms with van der Waals surface area (Å²) in [6, 6.07) is 10.1. The number of thiocarbonyl (C=S) groups is 1. The fraction of sp³-hybridized carbons (Fsp3) is 0.133. The summed E-state index contributed by atoms with van der Waals surface area (Å²) in [7, 11) is 1.53. The van der Waals surface area contributed by atoms with E-state index in [-0.39, 0.29) is 10.8 Å². The molecule has 0 aromatic heterocycles. The second-order valence-electron chi connectivity index (χ2n) is 4.22. The van der Waals surface area contributed by atoms with Crippen molar-refractivity contribution >= 4 is 40.3 Å². The van der Waals surface area contributed by atoms with Crippen LogP contribution >= 0.6 is 24.0 Å². The first-order valence-corrected chi connectivity index (χ1v) is 7.77. The van der Waals surface area contributed by atoms with Crippen LogP contribution in [0.5, 0.6) is 5.75 Å². The lowest BCUT2D eigenvalue weighted by molar-refractivity contribution is 0.414. The molecule has 3 N–H and O–H groups in total. The van der Waals surface area contributed by atoms with E-state index in [0.29, 0.717) is 22.7 Å². The molecule has 0 fully saturated rings. The van der Waals surface area contributed by atoms with E-state index in [4.69, 9.17) is 22.7 Å². The van der Waals surface area contributed by atoms with Gasteiger partial charge in [0.1, 0.15) is 16.6 Å². The summed E-state index contributed by atoms with van der Waals surface area (Å²) in [5.41, 5.74) is 7.49. The molecule has 0 heterocycles. The molecule has 6 heteroatoms. The molecular formula is C15H15FN2OS2. The van der Waals surface area contributed by atoms with Gasteiger partial charge in [-0.3, -0.25) is 0 Å². The molecule has 0 bridgehead atoms. The molecule has 0 amide bonds. The first kappa shape index (κ1) is 15.6. The van der Waals surface area contributed by atoms with Crippen LogP contribution in [0.15, 0.2) is 41.3 Å². The Kier molecular flexibility index (Phi) is 5.03. The molecule has 2 aromatic rings. The highest BCUT2D eigenvalue weighted by molar-refractivity contribution is 7.98. The largest absolute Gasteiger partial charge is 0.497 e. The fourth-order valence-corrected chi connectivity index (χ4v) is 2.85. The molecule has 0 aliphatic carbocycles. The van der Waals surface area contributed by atoms with Gasteiger partial charge in [-0.05, 0) is 30.5 Å². The molecule has 0 radical (unpaired) electrons. The van der Waals surface area contributed by atoms with E-state index >= 15 is 0 Å². The second-order valence-corrected chi connectivity index (χ2v) is 5.51. The van der Waals surface area contributed by atoms with Crippen LogP contribution in [-0.4, -0.2) is 18.4 Å². The highest BCUT2D eigenvalue weighted by atomic mass is 32.2. The lowest BCUT2D eigenvalue weighted by atomic mass is 10.1. The summed E-state index contributed by atoms with van der Waals surface area (Å²) < 4.78 is 19.0. The lowest BCUT2D eigenvalue weighted by Gasteiger charge is -2.15. The third kappa shape index (κ3) is 3.46. The number of nitrogens with one attached hydrogen (secondary N) is 1. The van der Waals surface area contributed by atoms with Gasteiger partial charge in [-0.15, -0.1) is 11.8 Å². The Morgan fingerprint density at radius 3 is 2.67 bits per heavy atom. The number of anilines is 2. The molecule has 0 aliphatic heterocycles. The number of thioether (sulfide) groups is 1. The molecule has 0 saturated heterocycles. The van der Waals surface area contributed by atoms with Crippen molar-refractivity contribution in [3.8, 4) is 5.75 Å². The number of benzene rings is 2. The zero-order valence-electron chi connectivity index (χ0n) is 11.6. The number of halogens is 1. The van der Waals surface area contributed by atoms with Gasteiger partial charge in [-0.2, -0.15) is 0 Å². The van der Waals surface area contributed by atoms with Crippen LogP contribution in [-0.2, 0) is 0 Å². The Hall–Kier alpha value is -1.79. The molecule has 3 nitrogen and oxygen atoms in total. The number of nitrogens with two attached hydrogens (primary N) is 1. The van der Waals surface area contributed by atoms with Crippen LogP contribution in [0.25, 0.3) is 0 Å². The van der Waals surface area contributed by atoms with E-state index in [1.807, 2.05) is 24.5 Å². The Morgan fingerprint density at radius 1 is 1.29 bits per heavy atom. The van der Waals surface area contributed by atoms with Gasteiger partial charge in [-0.25, -0.2) is 4.39 Å². The van der Waals surface area contributed by atoms with Gasteiger partial charge in [0.2, 0.25) is 0 Å². The van der Waals surface area contributed by atoms with E-state index in [1.165, 1.54) is 24.9 Å². The van der Waals surface area contributed by atoms with Gasteiger partial charge >= 0.3 is 0 Å². The number of ether oxygens (including phenoxy) is 1. The minimum Gasteiger partial charge on any atom is -0.497 e. The third-order valence-electron chi connectivity index (χ3n) is 2.94. The zero-order valence-corrected chi connectivity index (χ0v) is 13.3. The molecule has 0 spiro atoms. The molecule has 2 aromatic carbocycles. The third-order valence-corrected chi connectivity index (χ3v) is 3.92. The summed E-state index contributed by atoms with van der Waals surface area (Å²) in [5.74, 6) is 0.191. The number of rotatable bonds is 5. The van der Waals surface area contributed by atoms with E-state index in [1.54, 1.807) is 12.1 Å². The van der Waals surface area contributed by atoms with Crippen molar-refractivity contribution in [1.82, 2.24) is 0 Å². The maximum absolute atomic E-state index is 13.9. The molecule has 0 atom stereocenters. The molecule has 110 valence electrons. The van der Waals surface area contributed by atoms with Gasteiger partial charge in [0, 0.05) is 22.2 Å². The summed E-state index contributed by atoms with van der Waals surface area (Å²) in [6.45, 7) is 0. The standard InChI is InChI=1S/C15H15FN2OS2/c1-19-9-6-7-10(16)12(8-9)18-11-4-3-5-13(21-2)14(11)15(17)20/h3-8,18H,1-2H3,(H2,17,20). The Morgan fingerprint density at radius 2 is 2.05 bits per heavy atom.